The van der Waals surface area contributed by atoms with Crippen LogP contribution in [0.3, 0.4) is 0 Å². The predicted molar refractivity (Wildman–Crippen MR) is 118 cm³/mol. The van der Waals surface area contributed by atoms with E-state index in [-0.39, 0.29) is 46.6 Å². The van der Waals surface area contributed by atoms with Crippen molar-refractivity contribution in [2.24, 2.45) is 0 Å². The maximum Gasteiger partial charge on any atom is 0.380 e. The Labute approximate surface area is 198 Å². The molecule has 1 saturated carbocycles. The zero-order valence-corrected chi connectivity index (χ0v) is 19.0. The number of ether oxygens (including phenoxy) is 2. The van der Waals surface area contributed by atoms with Gasteiger partial charge in [-0.05, 0) is 25.0 Å². The third-order valence-electron chi connectivity index (χ3n) is 7.71. The molecular weight excluding hydrogens is 470 g/mol. The summed E-state index contributed by atoms with van der Waals surface area (Å²) in [5.74, 6) is -15.5. The van der Waals surface area contributed by atoms with Gasteiger partial charge in [-0.15, -0.1) is 0 Å². The van der Waals surface area contributed by atoms with Crippen LogP contribution in [-0.4, -0.2) is 29.0 Å². The highest BCUT2D eigenvalue weighted by Crippen LogP contribution is 2.74. The van der Waals surface area contributed by atoms with Crippen molar-refractivity contribution >= 4 is 11.1 Å². The average molecular weight is 492 g/mol. The summed E-state index contributed by atoms with van der Waals surface area (Å²) in [6.07, 6.45) is 1.05. The first kappa shape index (κ1) is 22.6. The Kier molecular flexibility index (Phi) is 4.28. The first-order valence-corrected chi connectivity index (χ1v) is 11.7. The quantitative estimate of drug-likeness (QED) is 0.408. The normalized spacial score (nSPS) is 30.2. The molecule has 35 heavy (non-hydrogen) atoms. The molecule has 4 aliphatic rings. The van der Waals surface area contributed by atoms with Crippen molar-refractivity contribution in [1.82, 2.24) is 0 Å². The highest BCUT2D eigenvalue weighted by molar-refractivity contribution is 6.01. The minimum Gasteiger partial charge on any atom is -0.477 e. The SMILES string of the molecule is CCC[C@]12Oc3ccccc3C1=C1C(=C3c4ccccc4O[C@@]32CCC)C(F)(F)C(F)(F)C1(F)F. The molecule has 2 heterocycles. The fraction of sp³-hybridized carbons (Fsp3) is 0.407. The van der Waals surface area contributed by atoms with Gasteiger partial charge in [0, 0.05) is 33.4 Å². The molecule has 0 radical (unpaired) electrons. The van der Waals surface area contributed by atoms with Crippen LogP contribution in [0.4, 0.5) is 26.3 Å². The number of hydrogen-bond donors (Lipinski definition) is 0. The second-order valence-corrected chi connectivity index (χ2v) is 9.57. The Morgan fingerprint density at radius 3 is 1.31 bits per heavy atom. The molecule has 2 aromatic rings. The summed E-state index contributed by atoms with van der Waals surface area (Å²) in [6, 6.07) is 12.4. The maximum absolute atomic E-state index is 15.6. The van der Waals surface area contributed by atoms with Crippen LogP contribution in [0.15, 0.2) is 59.7 Å². The molecule has 0 amide bonds. The molecule has 2 aliphatic heterocycles. The number of rotatable bonds is 4. The molecule has 0 aromatic heterocycles. The largest absolute Gasteiger partial charge is 0.477 e. The summed E-state index contributed by atoms with van der Waals surface area (Å²) < 4.78 is 105. The number of halogens is 6. The lowest BCUT2D eigenvalue weighted by Crippen LogP contribution is -2.61. The molecule has 2 nitrogen and oxygen atoms in total. The molecule has 0 saturated heterocycles. The Morgan fingerprint density at radius 1 is 0.571 bits per heavy atom. The monoisotopic (exact) mass is 492 g/mol. The lowest BCUT2D eigenvalue weighted by atomic mass is 9.61. The molecule has 2 aromatic carbocycles. The molecule has 0 N–H and O–H groups in total. The Morgan fingerprint density at radius 2 is 0.943 bits per heavy atom. The predicted octanol–water partition coefficient (Wildman–Crippen LogP) is 7.69. The van der Waals surface area contributed by atoms with E-state index in [2.05, 4.69) is 0 Å². The zero-order valence-electron chi connectivity index (χ0n) is 19.0. The summed E-state index contributed by atoms with van der Waals surface area (Å²) in [7, 11) is 0. The van der Waals surface area contributed by atoms with Crippen LogP contribution in [-0.2, 0) is 0 Å². The number of allylic oxidation sites excluding steroid dienone is 2. The van der Waals surface area contributed by atoms with Crippen LogP contribution < -0.4 is 9.47 Å². The third kappa shape index (κ3) is 2.25. The lowest BCUT2D eigenvalue weighted by molar-refractivity contribution is -0.257. The second kappa shape index (κ2) is 6.65. The van der Waals surface area contributed by atoms with Crippen molar-refractivity contribution in [1.29, 1.82) is 0 Å². The second-order valence-electron chi connectivity index (χ2n) is 9.57. The number of fused-ring (bicyclic) bond motifs is 8. The molecule has 2 aliphatic carbocycles. The van der Waals surface area contributed by atoms with Gasteiger partial charge in [0.2, 0.25) is 0 Å². The van der Waals surface area contributed by atoms with Crippen molar-refractivity contribution in [2.75, 3.05) is 0 Å². The number of hydrogen-bond acceptors (Lipinski definition) is 2. The van der Waals surface area contributed by atoms with E-state index in [0.29, 0.717) is 12.8 Å². The standard InChI is InChI=1S/C27H22F6O2/c1-3-13-23-19(15-9-5-7-11-17(15)34-23)21-22(26(30,31)27(32,33)25(21,28)29)20-16-10-6-8-12-18(16)35-24(20,23)14-4-2/h5-12H,3-4,13-14H2,1-2H3/t23-,24-/m0/s1. The van der Waals surface area contributed by atoms with Crippen molar-refractivity contribution in [3.05, 3.63) is 70.8 Å². The van der Waals surface area contributed by atoms with E-state index in [1.807, 2.05) is 0 Å². The van der Waals surface area contributed by atoms with Gasteiger partial charge < -0.3 is 9.47 Å². The fourth-order valence-corrected chi connectivity index (χ4v) is 6.53. The highest BCUT2D eigenvalue weighted by atomic mass is 19.3. The zero-order chi connectivity index (χ0) is 25.0. The number of benzene rings is 2. The summed E-state index contributed by atoms with van der Waals surface area (Å²) in [5, 5.41) is 0. The maximum atomic E-state index is 15.6. The van der Waals surface area contributed by atoms with Gasteiger partial charge in [0.15, 0.2) is 11.2 Å². The van der Waals surface area contributed by atoms with Crippen LogP contribution in [0.1, 0.15) is 50.7 Å². The molecule has 0 spiro atoms. The highest BCUT2D eigenvalue weighted by Gasteiger charge is 2.86. The summed E-state index contributed by atoms with van der Waals surface area (Å²) >= 11 is 0. The average Bonchev–Trinajstić information content (AvgIpc) is 3.35. The third-order valence-corrected chi connectivity index (χ3v) is 7.71. The van der Waals surface area contributed by atoms with E-state index in [4.69, 9.17) is 9.47 Å². The van der Waals surface area contributed by atoms with E-state index >= 15 is 26.3 Å². The van der Waals surface area contributed by atoms with E-state index in [1.54, 1.807) is 50.2 Å². The molecule has 2 atom stereocenters. The Balaban J connectivity index is 1.87. The topological polar surface area (TPSA) is 18.5 Å². The van der Waals surface area contributed by atoms with Gasteiger partial charge in [-0.3, -0.25) is 0 Å². The molecule has 1 fully saturated rings. The Bertz CT molecular complexity index is 1230. The van der Waals surface area contributed by atoms with Gasteiger partial charge in [0.05, 0.1) is 0 Å². The molecule has 8 heteroatoms. The molecule has 6 rings (SSSR count). The molecular formula is C27H22F6O2. The van der Waals surface area contributed by atoms with Crippen molar-refractivity contribution < 1.29 is 35.8 Å². The lowest BCUT2D eigenvalue weighted by Gasteiger charge is -2.49. The minimum atomic E-state index is -5.63. The molecule has 0 bridgehead atoms. The van der Waals surface area contributed by atoms with Gasteiger partial charge in [0.1, 0.15) is 11.5 Å². The van der Waals surface area contributed by atoms with Crippen LogP contribution >= 0.6 is 0 Å². The number of para-hydroxylation sites is 2. The van der Waals surface area contributed by atoms with Crippen molar-refractivity contribution in [2.45, 2.75) is 68.5 Å². The summed E-state index contributed by atoms with van der Waals surface area (Å²) in [4.78, 5) is 0. The van der Waals surface area contributed by atoms with Gasteiger partial charge in [0.25, 0.3) is 0 Å². The first-order chi connectivity index (χ1) is 16.5. The van der Waals surface area contributed by atoms with Crippen molar-refractivity contribution in [3.63, 3.8) is 0 Å². The summed E-state index contributed by atoms with van der Waals surface area (Å²) in [5.41, 5.74) is -6.40. The van der Waals surface area contributed by atoms with Gasteiger partial charge in [-0.25, -0.2) is 0 Å². The Hall–Kier alpha value is -2.90. The molecule has 0 unspecified atom stereocenters. The van der Waals surface area contributed by atoms with Crippen molar-refractivity contribution in [3.8, 4) is 11.5 Å². The molecule has 184 valence electrons. The summed E-state index contributed by atoms with van der Waals surface area (Å²) in [6.45, 7) is 3.61. The number of alkyl halides is 6. The van der Waals surface area contributed by atoms with E-state index < -0.39 is 40.1 Å². The van der Waals surface area contributed by atoms with Crippen LogP contribution in [0, 0.1) is 0 Å². The van der Waals surface area contributed by atoms with Crippen LogP contribution in [0.5, 0.6) is 11.5 Å². The van der Waals surface area contributed by atoms with Gasteiger partial charge in [-0.2, -0.15) is 26.3 Å². The van der Waals surface area contributed by atoms with E-state index in [9.17, 15) is 0 Å². The van der Waals surface area contributed by atoms with Crippen LogP contribution in [0.25, 0.3) is 11.1 Å². The first-order valence-electron chi connectivity index (χ1n) is 11.7. The smallest absolute Gasteiger partial charge is 0.380 e. The minimum absolute atomic E-state index is 0.110. The van der Waals surface area contributed by atoms with Gasteiger partial charge in [-0.1, -0.05) is 63.1 Å². The van der Waals surface area contributed by atoms with Crippen LogP contribution in [0.2, 0.25) is 0 Å². The fourth-order valence-electron chi connectivity index (χ4n) is 6.53. The van der Waals surface area contributed by atoms with E-state index in [0.717, 1.165) is 0 Å². The van der Waals surface area contributed by atoms with E-state index in [1.165, 1.54) is 12.1 Å². The van der Waals surface area contributed by atoms with Gasteiger partial charge >= 0.3 is 17.8 Å².